The summed E-state index contributed by atoms with van der Waals surface area (Å²) in [6.45, 7) is 17.7. The Kier molecular flexibility index (Phi) is 7.01. The fourth-order valence-corrected chi connectivity index (χ4v) is 1.60. The molecule has 3 heteroatoms. The SMILES string of the molecule is CC(C)OCCC(C)(C)C(C)(C)OCCC(C)(C)O. The molecule has 0 amide bonds. The zero-order chi connectivity index (χ0) is 15.3. The van der Waals surface area contributed by atoms with Crippen molar-refractivity contribution in [3.63, 3.8) is 0 Å². The zero-order valence-corrected chi connectivity index (χ0v) is 14.2. The molecule has 0 radical (unpaired) electrons. The summed E-state index contributed by atoms with van der Waals surface area (Å²) in [4.78, 5) is 0. The Morgan fingerprint density at radius 1 is 0.895 bits per heavy atom. The molecule has 3 nitrogen and oxygen atoms in total. The minimum absolute atomic E-state index is 0.0293. The van der Waals surface area contributed by atoms with E-state index in [9.17, 15) is 5.11 Å². The summed E-state index contributed by atoms with van der Waals surface area (Å²) in [6, 6.07) is 0. The molecule has 116 valence electrons. The predicted octanol–water partition coefficient (Wildman–Crippen LogP) is 3.78. The first kappa shape index (κ1) is 18.9. The molecular formula is C16H34O3. The van der Waals surface area contributed by atoms with E-state index >= 15 is 0 Å². The standard InChI is InChI=1S/C16H34O3/c1-13(2)18-11-9-14(3,4)16(7,8)19-12-10-15(5,6)17/h13,17H,9-12H2,1-8H3. The van der Waals surface area contributed by atoms with Crippen LogP contribution in [-0.2, 0) is 9.47 Å². The summed E-state index contributed by atoms with van der Waals surface area (Å²) in [5, 5.41) is 9.72. The molecular weight excluding hydrogens is 240 g/mol. The molecule has 19 heavy (non-hydrogen) atoms. The number of rotatable bonds is 9. The smallest absolute Gasteiger partial charge is 0.0678 e. The molecule has 1 N–H and O–H groups in total. The van der Waals surface area contributed by atoms with Crippen LogP contribution in [0, 0.1) is 5.41 Å². The van der Waals surface area contributed by atoms with E-state index in [-0.39, 0.29) is 17.1 Å². The fourth-order valence-electron chi connectivity index (χ4n) is 1.60. The van der Waals surface area contributed by atoms with Crippen LogP contribution in [0.2, 0.25) is 0 Å². The maximum Gasteiger partial charge on any atom is 0.0678 e. The summed E-state index contributed by atoms with van der Waals surface area (Å²) in [5.41, 5.74) is -0.874. The van der Waals surface area contributed by atoms with E-state index in [4.69, 9.17) is 9.47 Å². The van der Waals surface area contributed by atoms with Crippen molar-refractivity contribution in [2.45, 2.75) is 85.5 Å². The molecule has 0 aromatic carbocycles. The van der Waals surface area contributed by atoms with Crippen LogP contribution in [-0.4, -0.2) is 35.6 Å². The van der Waals surface area contributed by atoms with Gasteiger partial charge in [0.1, 0.15) is 0 Å². The van der Waals surface area contributed by atoms with Gasteiger partial charge in [-0.05, 0) is 59.8 Å². The van der Waals surface area contributed by atoms with Gasteiger partial charge in [-0.15, -0.1) is 0 Å². The molecule has 0 heterocycles. The second-order valence-corrected chi connectivity index (χ2v) is 7.47. The fraction of sp³-hybridized carbons (Fsp3) is 1.00. The summed E-state index contributed by atoms with van der Waals surface area (Å²) in [5.74, 6) is 0. The van der Waals surface area contributed by atoms with E-state index in [1.807, 2.05) is 13.8 Å². The van der Waals surface area contributed by atoms with Crippen molar-refractivity contribution in [2.75, 3.05) is 13.2 Å². The molecule has 0 aliphatic heterocycles. The van der Waals surface area contributed by atoms with Gasteiger partial charge in [-0.2, -0.15) is 0 Å². The molecule has 0 bridgehead atoms. The summed E-state index contributed by atoms with van der Waals surface area (Å²) < 4.78 is 11.6. The third-order valence-corrected chi connectivity index (χ3v) is 3.98. The summed E-state index contributed by atoms with van der Waals surface area (Å²) in [7, 11) is 0. The van der Waals surface area contributed by atoms with Crippen molar-refractivity contribution in [1.82, 2.24) is 0 Å². The monoisotopic (exact) mass is 274 g/mol. The van der Waals surface area contributed by atoms with Crippen LogP contribution in [0.3, 0.4) is 0 Å². The highest BCUT2D eigenvalue weighted by molar-refractivity contribution is 4.88. The molecule has 0 aromatic rings. The van der Waals surface area contributed by atoms with Crippen LogP contribution >= 0.6 is 0 Å². The maximum atomic E-state index is 9.72. The molecule has 0 rings (SSSR count). The van der Waals surface area contributed by atoms with Gasteiger partial charge in [0.05, 0.1) is 23.9 Å². The highest BCUT2D eigenvalue weighted by Crippen LogP contribution is 2.37. The van der Waals surface area contributed by atoms with E-state index in [1.54, 1.807) is 0 Å². The first-order valence-electron chi connectivity index (χ1n) is 7.35. The van der Waals surface area contributed by atoms with Crippen molar-refractivity contribution in [3.8, 4) is 0 Å². The Balaban J connectivity index is 4.27. The average Bonchev–Trinajstić information content (AvgIpc) is 2.13. The molecule has 0 fully saturated rings. The van der Waals surface area contributed by atoms with Gasteiger partial charge in [0.25, 0.3) is 0 Å². The first-order chi connectivity index (χ1) is 8.37. The highest BCUT2D eigenvalue weighted by Gasteiger charge is 2.37. The van der Waals surface area contributed by atoms with Crippen molar-refractivity contribution >= 4 is 0 Å². The minimum Gasteiger partial charge on any atom is -0.390 e. The van der Waals surface area contributed by atoms with E-state index in [0.717, 1.165) is 13.0 Å². The normalized spacial score (nSPS) is 14.2. The summed E-state index contributed by atoms with van der Waals surface area (Å²) in [6.07, 6.45) is 1.88. The molecule has 0 spiro atoms. The van der Waals surface area contributed by atoms with Gasteiger partial charge in [-0.3, -0.25) is 0 Å². The Bertz CT molecular complexity index is 249. The van der Waals surface area contributed by atoms with E-state index in [1.165, 1.54) is 0 Å². The average molecular weight is 274 g/mol. The van der Waals surface area contributed by atoms with E-state index < -0.39 is 5.60 Å². The van der Waals surface area contributed by atoms with E-state index in [2.05, 4.69) is 41.5 Å². The second kappa shape index (κ2) is 7.05. The molecule has 0 aromatic heterocycles. The molecule has 0 saturated heterocycles. The van der Waals surface area contributed by atoms with Crippen LogP contribution in [0.15, 0.2) is 0 Å². The molecule has 0 aliphatic carbocycles. The van der Waals surface area contributed by atoms with Gasteiger partial charge in [0.2, 0.25) is 0 Å². The van der Waals surface area contributed by atoms with Crippen LogP contribution < -0.4 is 0 Å². The van der Waals surface area contributed by atoms with Crippen molar-refractivity contribution in [1.29, 1.82) is 0 Å². The molecule has 0 atom stereocenters. The van der Waals surface area contributed by atoms with Crippen LogP contribution in [0.5, 0.6) is 0 Å². The Labute approximate surface area is 119 Å². The van der Waals surface area contributed by atoms with Gasteiger partial charge in [-0.25, -0.2) is 0 Å². The molecule has 0 aliphatic rings. The lowest BCUT2D eigenvalue weighted by atomic mass is 9.74. The van der Waals surface area contributed by atoms with Crippen LogP contribution in [0.1, 0.15) is 68.2 Å². The summed E-state index contributed by atoms with van der Waals surface area (Å²) >= 11 is 0. The van der Waals surface area contributed by atoms with Gasteiger partial charge in [0, 0.05) is 6.61 Å². The Morgan fingerprint density at radius 3 is 1.84 bits per heavy atom. The third kappa shape index (κ3) is 7.91. The molecule has 0 saturated carbocycles. The predicted molar refractivity (Wildman–Crippen MR) is 80.4 cm³/mol. The van der Waals surface area contributed by atoms with Crippen LogP contribution in [0.25, 0.3) is 0 Å². The molecule has 0 unspecified atom stereocenters. The van der Waals surface area contributed by atoms with E-state index in [0.29, 0.717) is 13.0 Å². The quantitative estimate of drug-likeness (QED) is 0.695. The van der Waals surface area contributed by atoms with Gasteiger partial charge >= 0.3 is 0 Å². The number of hydrogen-bond donors (Lipinski definition) is 1. The van der Waals surface area contributed by atoms with Gasteiger partial charge in [-0.1, -0.05) is 13.8 Å². The van der Waals surface area contributed by atoms with Crippen molar-refractivity contribution in [2.24, 2.45) is 5.41 Å². The largest absolute Gasteiger partial charge is 0.390 e. The number of ether oxygens (including phenoxy) is 2. The lowest BCUT2D eigenvalue weighted by Crippen LogP contribution is -2.43. The second-order valence-electron chi connectivity index (χ2n) is 7.47. The van der Waals surface area contributed by atoms with Crippen molar-refractivity contribution < 1.29 is 14.6 Å². The zero-order valence-electron chi connectivity index (χ0n) is 14.2. The lowest BCUT2D eigenvalue weighted by molar-refractivity contribution is -0.119. The third-order valence-electron chi connectivity index (χ3n) is 3.98. The number of hydrogen-bond acceptors (Lipinski definition) is 3. The number of aliphatic hydroxyl groups is 1. The highest BCUT2D eigenvalue weighted by atomic mass is 16.5. The van der Waals surface area contributed by atoms with Crippen molar-refractivity contribution in [3.05, 3.63) is 0 Å². The van der Waals surface area contributed by atoms with Gasteiger partial charge in [0.15, 0.2) is 0 Å². The van der Waals surface area contributed by atoms with Crippen LogP contribution in [0.4, 0.5) is 0 Å². The Morgan fingerprint density at radius 2 is 1.42 bits per heavy atom. The lowest BCUT2D eigenvalue weighted by Gasteiger charge is -2.42. The minimum atomic E-state index is -0.666. The van der Waals surface area contributed by atoms with Gasteiger partial charge < -0.3 is 14.6 Å². The first-order valence-corrected chi connectivity index (χ1v) is 7.35. The maximum absolute atomic E-state index is 9.72. The Hall–Kier alpha value is -0.120. The topological polar surface area (TPSA) is 38.7 Å².